The topological polar surface area (TPSA) is 0 Å². The molecule has 0 spiro atoms. The molecular formula is C52H34. The maximum atomic E-state index is 2.41. The fraction of sp³-hybridized carbons (Fsp3) is 0. The zero-order valence-electron chi connectivity index (χ0n) is 28.6. The quantitative estimate of drug-likeness (QED) is 0.161. The number of benzene rings is 10. The molecule has 0 atom stereocenters. The summed E-state index contributed by atoms with van der Waals surface area (Å²) in [4.78, 5) is 0. The van der Waals surface area contributed by atoms with Gasteiger partial charge in [0.15, 0.2) is 0 Å². The minimum atomic E-state index is 1.21. The monoisotopic (exact) mass is 658 g/mol. The normalized spacial score (nSPS) is 11.5. The maximum absolute atomic E-state index is 2.41. The Bertz CT molecular complexity index is 2920. The van der Waals surface area contributed by atoms with E-state index in [1.165, 1.54) is 98.7 Å². The van der Waals surface area contributed by atoms with E-state index in [1.54, 1.807) is 0 Å². The molecule has 242 valence electrons. The van der Waals surface area contributed by atoms with Crippen LogP contribution in [0.25, 0.3) is 98.7 Å². The Morgan fingerprint density at radius 3 is 0.962 bits per heavy atom. The van der Waals surface area contributed by atoms with E-state index in [0.717, 1.165) is 0 Å². The largest absolute Gasteiger partial charge is 0.0622 e. The van der Waals surface area contributed by atoms with Gasteiger partial charge in [0, 0.05) is 0 Å². The zero-order chi connectivity index (χ0) is 34.4. The number of hydrogen-bond acceptors (Lipinski definition) is 0. The summed E-state index contributed by atoms with van der Waals surface area (Å²) in [7, 11) is 0. The summed E-state index contributed by atoms with van der Waals surface area (Å²) in [6.45, 7) is 0. The highest BCUT2D eigenvalue weighted by atomic mass is 14.2. The molecule has 10 aromatic rings. The van der Waals surface area contributed by atoms with Gasteiger partial charge >= 0.3 is 0 Å². The summed E-state index contributed by atoms with van der Waals surface area (Å²) in [6.07, 6.45) is 0. The second-order valence-corrected chi connectivity index (χ2v) is 13.7. The van der Waals surface area contributed by atoms with Crippen LogP contribution in [0.15, 0.2) is 206 Å². The van der Waals surface area contributed by atoms with E-state index in [1.807, 2.05) is 0 Å². The predicted molar refractivity (Wildman–Crippen MR) is 224 cm³/mol. The van der Waals surface area contributed by atoms with E-state index < -0.39 is 0 Å². The Balaban J connectivity index is 1.18. The molecule has 0 heteroatoms. The third-order valence-corrected chi connectivity index (χ3v) is 10.6. The molecular weight excluding hydrogens is 625 g/mol. The van der Waals surface area contributed by atoms with Crippen LogP contribution in [0.1, 0.15) is 0 Å². The van der Waals surface area contributed by atoms with Crippen LogP contribution in [0.3, 0.4) is 0 Å². The first-order valence-electron chi connectivity index (χ1n) is 18.0. The lowest BCUT2D eigenvalue weighted by molar-refractivity contribution is 1.60. The van der Waals surface area contributed by atoms with Gasteiger partial charge in [0.1, 0.15) is 0 Å². The smallest absolute Gasteiger partial charge is 0.00201 e. The molecule has 0 aliphatic rings. The van der Waals surface area contributed by atoms with Gasteiger partial charge in [0.2, 0.25) is 0 Å². The van der Waals surface area contributed by atoms with Crippen molar-refractivity contribution in [2.45, 2.75) is 0 Å². The van der Waals surface area contributed by atoms with Gasteiger partial charge in [0.05, 0.1) is 0 Å². The van der Waals surface area contributed by atoms with Crippen molar-refractivity contribution in [3.05, 3.63) is 206 Å². The third-order valence-electron chi connectivity index (χ3n) is 10.6. The Labute approximate surface area is 303 Å². The van der Waals surface area contributed by atoms with Gasteiger partial charge in [-0.2, -0.15) is 0 Å². The molecule has 0 N–H and O–H groups in total. The van der Waals surface area contributed by atoms with Crippen molar-refractivity contribution in [2.24, 2.45) is 0 Å². The van der Waals surface area contributed by atoms with Crippen LogP contribution in [0, 0.1) is 0 Å². The van der Waals surface area contributed by atoms with Gasteiger partial charge in [-0.3, -0.25) is 0 Å². The van der Waals surface area contributed by atoms with Crippen molar-refractivity contribution >= 4 is 43.1 Å². The van der Waals surface area contributed by atoms with Crippen molar-refractivity contribution in [1.82, 2.24) is 0 Å². The lowest BCUT2D eigenvalue weighted by atomic mass is 9.83. The van der Waals surface area contributed by atoms with Gasteiger partial charge < -0.3 is 0 Å². The van der Waals surface area contributed by atoms with Crippen molar-refractivity contribution in [2.75, 3.05) is 0 Å². The average Bonchev–Trinajstić information content (AvgIpc) is 3.23. The standard InChI is InChI=1S/C52H34/c1-3-13-39(14-4-1)51-49-33-45(38-21-19-37(20-22-38)43-25-23-35-11-7-9-17-41(35)31-43)27-29-47(49)48-30-28-46(34-50(48)52(51)40-15-5-2-6-16-40)44-26-24-36-12-8-10-18-42(36)32-44/h1-34H. The van der Waals surface area contributed by atoms with E-state index >= 15 is 0 Å². The number of hydrogen-bond donors (Lipinski definition) is 0. The first-order valence-corrected chi connectivity index (χ1v) is 18.0. The van der Waals surface area contributed by atoms with E-state index in [-0.39, 0.29) is 0 Å². The fourth-order valence-electron chi connectivity index (χ4n) is 8.00. The Morgan fingerprint density at radius 1 is 0.173 bits per heavy atom. The van der Waals surface area contributed by atoms with Crippen LogP contribution in [0.5, 0.6) is 0 Å². The fourth-order valence-corrected chi connectivity index (χ4v) is 8.00. The summed E-state index contributed by atoms with van der Waals surface area (Å²) >= 11 is 0. The van der Waals surface area contributed by atoms with Crippen LogP contribution in [0.2, 0.25) is 0 Å². The van der Waals surface area contributed by atoms with Crippen molar-refractivity contribution in [3.8, 4) is 55.6 Å². The van der Waals surface area contributed by atoms with Crippen LogP contribution >= 0.6 is 0 Å². The molecule has 0 bridgehead atoms. The second kappa shape index (κ2) is 12.5. The molecule has 0 nitrogen and oxygen atoms in total. The summed E-state index contributed by atoms with van der Waals surface area (Å²) in [5.41, 5.74) is 12.3. The molecule has 0 amide bonds. The summed E-state index contributed by atoms with van der Waals surface area (Å²) in [6, 6.07) is 75.6. The molecule has 10 rings (SSSR count). The van der Waals surface area contributed by atoms with Gasteiger partial charge in [-0.05, 0) is 123 Å². The van der Waals surface area contributed by atoms with E-state index in [0.29, 0.717) is 0 Å². The highest BCUT2D eigenvalue weighted by molar-refractivity contribution is 6.22. The Kier molecular flexibility index (Phi) is 7.25. The minimum absolute atomic E-state index is 1.21. The van der Waals surface area contributed by atoms with E-state index in [4.69, 9.17) is 0 Å². The number of fused-ring (bicyclic) bond motifs is 5. The van der Waals surface area contributed by atoms with Crippen molar-refractivity contribution in [1.29, 1.82) is 0 Å². The Hall–Kier alpha value is -6.76. The summed E-state index contributed by atoms with van der Waals surface area (Å²) < 4.78 is 0. The van der Waals surface area contributed by atoms with Crippen molar-refractivity contribution in [3.63, 3.8) is 0 Å². The van der Waals surface area contributed by atoms with E-state index in [2.05, 4.69) is 206 Å². The Morgan fingerprint density at radius 2 is 0.500 bits per heavy atom. The molecule has 0 fully saturated rings. The van der Waals surface area contributed by atoms with Crippen molar-refractivity contribution < 1.29 is 0 Å². The predicted octanol–water partition coefficient (Wildman–Crippen LogP) is 14.6. The lowest BCUT2D eigenvalue weighted by Crippen LogP contribution is -1.93. The van der Waals surface area contributed by atoms with E-state index in [9.17, 15) is 0 Å². The maximum Gasteiger partial charge on any atom is -0.00201 e. The molecule has 0 heterocycles. The molecule has 52 heavy (non-hydrogen) atoms. The van der Waals surface area contributed by atoms with Crippen LogP contribution in [0.4, 0.5) is 0 Å². The molecule has 0 aromatic heterocycles. The third kappa shape index (κ3) is 5.25. The minimum Gasteiger partial charge on any atom is -0.0622 e. The molecule has 0 saturated carbocycles. The van der Waals surface area contributed by atoms with Gasteiger partial charge in [0.25, 0.3) is 0 Å². The molecule has 0 aliphatic heterocycles. The van der Waals surface area contributed by atoms with Gasteiger partial charge in [-0.25, -0.2) is 0 Å². The lowest BCUT2D eigenvalue weighted by Gasteiger charge is -2.20. The first kappa shape index (κ1) is 30.1. The molecule has 0 aliphatic carbocycles. The van der Waals surface area contributed by atoms with Gasteiger partial charge in [-0.15, -0.1) is 0 Å². The zero-order valence-corrected chi connectivity index (χ0v) is 28.6. The second-order valence-electron chi connectivity index (χ2n) is 13.7. The number of rotatable bonds is 5. The SMILES string of the molecule is c1ccc(-c2c(-c3ccccc3)c3cc(-c4ccc5ccccc5c4)ccc3c3ccc(-c4ccc(-c5ccc6ccccc6c5)cc4)cc23)cc1. The van der Waals surface area contributed by atoms with Crippen LogP contribution in [-0.2, 0) is 0 Å². The molecule has 0 unspecified atom stereocenters. The molecule has 10 aromatic carbocycles. The average molecular weight is 659 g/mol. The summed E-state index contributed by atoms with van der Waals surface area (Å²) in [5, 5.41) is 10.1. The molecule has 0 saturated heterocycles. The van der Waals surface area contributed by atoms with Crippen LogP contribution < -0.4 is 0 Å². The highest BCUT2D eigenvalue weighted by Gasteiger charge is 2.19. The highest BCUT2D eigenvalue weighted by Crippen LogP contribution is 2.46. The van der Waals surface area contributed by atoms with Crippen LogP contribution in [-0.4, -0.2) is 0 Å². The van der Waals surface area contributed by atoms with Gasteiger partial charge in [-0.1, -0.05) is 182 Å². The summed E-state index contributed by atoms with van der Waals surface area (Å²) in [5.74, 6) is 0. The first-order chi connectivity index (χ1) is 25.8. The molecule has 0 radical (unpaired) electrons.